The number of benzene rings is 2. The Kier molecular flexibility index (Phi) is 6.91. The summed E-state index contributed by atoms with van der Waals surface area (Å²) in [5.74, 6) is -0.353. The minimum absolute atomic E-state index is 0.227. The zero-order chi connectivity index (χ0) is 20.1. The van der Waals surface area contributed by atoms with E-state index in [1.165, 1.54) is 7.11 Å². The smallest absolute Gasteiger partial charge is 0.342 e. The Morgan fingerprint density at radius 3 is 2.79 bits per heavy atom. The molecule has 2 aromatic carbocycles. The number of rotatable bonds is 5. The fraction of sp³-hybridized carbons (Fsp3) is 0.333. The van der Waals surface area contributed by atoms with Crippen LogP contribution >= 0.6 is 23.5 Å². The van der Waals surface area contributed by atoms with E-state index in [4.69, 9.17) is 9.47 Å². The summed E-state index contributed by atoms with van der Waals surface area (Å²) >= 11 is 3.32. The summed E-state index contributed by atoms with van der Waals surface area (Å²) in [6.07, 6.45) is 2.83. The van der Waals surface area contributed by atoms with E-state index >= 15 is 0 Å². The second-order valence-corrected chi connectivity index (χ2v) is 8.73. The van der Waals surface area contributed by atoms with Gasteiger partial charge in [-0.25, -0.2) is 4.79 Å². The van der Waals surface area contributed by atoms with Gasteiger partial charge in [0.1, 0.15) is 11.3 Å². The van der Waals surface area contributed by atoms with Gasteiger partial charge in [0, 0.05) is 21.6 Å². The third kappa shape index (κ3) is 4.64. The van der Waals surface area contributed by atoms with Gasteiger partial charge in [-0.3, -0.25) is 4.79 Å². The van der Waals surface area contributed by atoms with Gasteiger partial charge >= 0.3 is 5.97 Å². The summed E-state index contributed by atoms with van der Waals surface area (Å²) < 4.78 is 10.6. The molecule has 7 heteroatoms. The molecule has 28 heavy (non-hydrogen) atoms. The number of carbonyl (C=O) groups excluding carboxylic acids is 2. The maximum atomic E-state index is 12.8. The van der Waals surface area contributed by atoms with Crippen molar-refractivity contribution < 1.29 is 19.1 Å². The van der Waals surface area contributed by atoms with E-state index in [2.05, 4.69) is 6.92 Å². The quantitative estimate of drug-likeness (QED) is 0.528. The number of esters is 1. The third-order valence-corrected chi connectivity index (χ3v) is 6.46. The second-order valence-electron chi connectivity index (χ2n) is 6.37. The number of para-hydroxylation sites is 1. The molecule has 5 nitrogen and oxygen atoms in total. The fourth-order valence-corrected chi connectivity index (χ4v) is 4.54. The lowest BCUT2D eigenvalue weighted by molar-refractivity contribution is -0.121. The van der Waals surface area contributed by atoms with Crippen molar-refractivity contribution in [2.24, 2.45) is 0 Å². The number of hydrogen-bond donors (Lipinski definition) is 0. The molecule has 1 atom stereocenters. The molecular weight excluding hydrogens is 394 g/mol. The molecule has 0 aliphatic carbocycles. The highest BCUT2D eigenvalue weighted by Gasteiger charge is 2.25. The van der Waals surface area contributed by atoms with Crippen LogP contribution in [0, 0.1) is 0 Å². The largest absolute Gasteiger partial charge is 0.496 e. The van der Waals surface area contributed by atoms with Crippen LogP contribution in [0.3, 0.4) is 0 Å². The van der Waals surface area contributed by atoms with Crippen molar-refractivity contribution >= 4 is 41.1 Å². The lowest BCUT2D eigenvalue weighted by atomic mass is 10.2. The molecule has 0 radical (unpaired) electrons. The van der Waals surface area contributed by atoms with Crippen molar-refractivity contribution in [3.8, 4) is 5.75 Å². The minimum atomic E-state index is -0.566. The van der Waals surface area contributed by atoms with Gasteiger partial charge in [0.25, 0.3) is 5.91 Å². The van der Waals surface area contributed by atoms with Crippen molar-refractivity contribution in [3.05, 3.63) is 48.0 Å². The van der Waals surface area contributed by atoms with Crippen molar-refractivity contribution in [1.82, 2.24) is 0 Å². The first kappa shape index (κ1) is 20.6. The molecule has 0 aromatic heterocycles. The van der Waals surface area contributed by atoms with Crippen molar-refractivity contribution in [3.63, 3.8) is 0 Å². The lowest BCUT2D eigenvalue weighted by Crippen LogP contribution is -2.35. The number of thioether (sulfide) groups is 2. The first-order valence-corrected chi connectivity index (χ1v) is 11.1. The summed E-state index contributed by atoms with van der Waals surface area (Å²) in [4.78, 5) is 29.1. The maximum absolute atomic E-state index is 12.8. The molecule has 0 bridgehead atoms. The lowest BCUT2D eigenvalue weighted by Gasteiger charge is -2.22. The highest BCUT2D eigenvalue weighted by molar-refractivity contribution is 8.00. The molecule has 1 aliphatic rings. The number of ether oxygens (including phenoxy) is 2. The Morgan fingerprint density at radius 2 is 2.04 bits per heavy atom. The second kappa shape index (κ2) is 9.39. The average molecular weight is 418 g/mol. The molecule has 3 rings (SSSR count). The van der Waals surface area contributed by atoms with E-state index in [0.29, 0.717) is 23.1 Å². The summed E-state index contributed by atoms with van der Waals surface area (Å²) in [7, 11) is 1.51. The number of amides is 1. The van der Waals surface area contributed by atoms with E-state index in [0.717, 1.165) is 21.9 Å². The van der Waals surface area contributed by atoms with Gasteiger partial charge in [-0.2, -0.15) is 0 Å². The first-order valence-electron chi connectivity index (χ1n) is 8.98. The Morgan fingerprint density at radius 1 is 1.25 bits per heavy atom. The van der Waals surface area contributed by atoms with Gasteiger partial charge in [-0.15, -0.1) is 23.5 Å². The third-order valence-electron chi connectivity index (χ3n) is 4.50. The van der Waals surface area contributed by atoms with Crippen LogP contribution in [0.1, 0.15) is 23.7 Å². The standard InChI is InChI=1S/C21H23NO4S2/c1-14-10-11-22(17-6-4-5-7-19(17)28-14)20(23)13-26-21(24)16-9-8-15(27-3)12-18(16)25-2/h4-9,12,14H,10-11,13H2,1-3H3. The van der Waals surface area contributed by atoms with Gasteiger partial charge in [0.2, 0.25) is 0 Å². The van der Waals surface area contributed by atoms with E-state index in [-0.39, 0.29) is 12.5 Å². The highest BCUT2D eigenvalue weighted by atomic mass is 32.2. The number of anilines is 1. The fourth-order valence-electron chi connectivity index (χ4n) is 3.00. The molecule has 0 saturated heterocycles. The Hall–Kier alpha value is -2.12. The number of carbonyl (C=O) groups is 2. The molecule has 148 valence electrons. The van der Waals surface area contributed by atoms with Crippen LogP contribution < -0.4 is 9.64 Å². The van der Waals surface area contributed by atoms with E-state index in [1.54, 1.807) is 40.6 Å². The Balaban J connectivity index is 1.71. The van der Waals surface area contributed by atoms with Gasteiger partial charge in [0.05, 0.1) is 12.8 Å². The maximum Gasteiger partial charge on any atom is 0.342 e. The summed E-state index contributed by atoms with van der Waals surface area (Å²) in [5.41, 5.74) is 1.19. The van der Waals surface area contributed by atoms with Crippen LogP contribution in [-0.4, -0.2) is 43.6 Å². The van der Waals surface area contributed by atoms with Crippen LogP contribution in [0.15, 0.2) is 52.3 Å². The summed E-state index contributed by atoms with van der Waals surface area (Å²) in [6, 6.07) is 13.1. The number of methoxy groups -OCH3 is 1. The molecule has 0 fully saturated rings. The summed E-state index contributed by atoms with van der Waals surface area (Å²) in [6.45, 7) is 2.45. The molecule has 0 spiro atoms. The molecule has 0 N–H and O–H groups in total. The van der Waals surface area contributed by atoms with Crippen LogP contribution in [0.5, 0.6) is 5.75 Å². The first-order chi connectivity index (χ1) is 13.5. The SMILES string of the molecule is COc1cc(SC)ccc1C(=O)OCC(=O)N1CCC(C)Sc2ccccc21. The van der Waals surface area contributed by atoms with Gasteiger partial charge in [-0.05, 0) is 43.0 Å². The van der Waals surface area contributed by atoms with E-state index in [9.17, 15) is 9.59 Å². The highest BCUT2D eigenvalue weighted by Crippen LogP contribution is 2.37. The molecule has 1 heterocycles. The Labute approximate surface area is 173 Å². The van der Waals surface area contributed by atoms with Crippen LogP contribution in [-0.2, 0) is 9.53 Å². The molecule has 1 amide bonds. The Bertz CT molecular complexity index is 871. The van der Waals surface area contributed by atoms with Crippen LogP contribution in [0.2, 0.25) is 0 Å². The van der Waals surface area contributed by atoms with Crippen molar-refractivity contribution in [2.75, 3.05) is 31.4 Å². The van der Waals surface area contributed by atoms with Gasteiger partial charge < -0.3 is 14.4 Å². The average Bonchev–Trinajstić information content (AvgIpc) is 2.89. The molecule has 1 unspecified atom stereocenters. The van der Waals surface area contributed by atoms with Crippen molar-refractivity contribution in [1.29, 1.82) is 0 Å². The van der Waals surface area contributed by atoms with Crippen LogP contribution in [0.25, 0.3) is 0 Å². The molecule has 0 saturated carbocycles. The van der Waals surface area contributed by atoms with Gasteiger partial charge in [0.15, 0.2) is 6.61 Å². The zero-order valence-electron chi connectivity index (χ0n) is 16.1. The van der Waals surface area contributed by atoms with E-state index in [1.807, 2.05) is 36.6 Å². The molecule has 1 aliphatic heterocycles. The number of hydrogen-bond acceptors (Lipinski definition) is 6. The number of fused-ring (bicyclic) bond motifs is 1. The number of nitrogens with zero attached hydrogens (tertiary/aromatic N) is 1. The zero-order valence-corrected chi connectivity index (χ0v) is 17.8. The molecule has 2 aromatic rings. The van der Waals surface area contributed by atoms with Crippen LogP contribution in [0.4, 0.5) is 5.69 Å². The monoisotopic (exact) mass is 417 g/mol. The normalized spacial score (nSPS) is 16.1. The van der Waals surface area contributed by atoms with Crippen molar-refractivity contribution in [2.45, 2.75) is 28.4 Å². The topological polar surface area (TPSA) is 55.8 Å². The minimum Gasteiger partial charge on any atom is -0.496 e. The summed E-state index contributed by atoms with van der Waals surface area (Å²) in [5, 5.41) is 0.417. The predicted molar refractivity (Wildman–Crippen MR) is 114 cm³/mol. The van der Waals surface area contributed by atoms with E-state index < -0.39 is 5.97 Å². The van der Waals surface area contributed by atoms with Gasteiger partial charge in [-0.1, -0.05) is 19.1 Å². The predicted octanol–water partition coefficient (Wildman–Crippen LogP) is 4.49. The molecular formula is C21H23NO4S2.